The molecular weight excluding hydrogens is 344 g/mol. The molecule has 0 unspecified atom stereocenters. The van der Waals surface area contributed by atoms with Gasteiger partial charge in [0.2, 0.25) is 0 Å². The van der Waals surface area contributed by atoms with Gasteiger partial charge in [0, 0.05) is 0 Å². The maximum atomic E-state index is 10.3. The Labute approximate surface area is 126 Å². The molecule has 0 aliphatic heterocycles. The Morgan fingerprint density at radius 1 is 0.550 bits per heavy atom. The van der Waals surface area contributed by atoms with Gasteiger partial charge in [-0.15, -0.1) is 0 Å². The minimum atomic E-state index is -1.26. The summed E-state index contributed by atoms with van der Waals surface area (Å²) in [5.41, 5.74) is 0. The molecule has 0 aromatic heterocycles. The molecule has 0 amide bonds. The zero-order valence-electron chi connectivity index (χ0n) is 10.4. The van der Waals surface area contributed by atoms with Gasteiger partial charge in [0.1, 0.15) is 0 Å². The van der Waals surface area contributed by atoms with E-state index in [1.54, 1.807) is 0 Å². The van der Waals surface area contributed by atoms with Crippen LogP contribution in [0.15, 0.2) is 48.6 Å². The molecule has 2 aliphatic rings. The third-order valence-corrected chi connectivity index (χ3v) is 6.06. The average molecular weight is 358 g/mol. The quantitative estimate of drug-likeness (QED) is 0.537. The molecule has 0 fully saturated rings. The van der Waals surface area contributed by atoms with E-state index in [2.05, 4.69) is 0 Å². The van der Waals surface area contributed by atoms with Gasteiger partial charge in [-0.2, -0.15) is 0 Å². The van der Waals surface area contributed by atoms with Crippen LogP contribution >= 0.6 is 0 Å². The van der Waals surface area contributed by atoms with Crippen molar-refractivity contribution in [3.05, 3.63) is 48.6 Å². The number of allylic oxidation sites excluding steroid dienone is 8. The van der Waals surface area contributed by atoms with E-state index in [0.717, 1.165) is 20.7 Å². The molecule has 0 aromatic carbocycles. The summed E-state index contributed by atoms with van der Waals surface area (Å²) in [7, 11) is 0. The molecule has 110 valence electrons. The summed E-state index contributed by atoms with van der Waals surface area (Å²) in [4.78, 5) is 41.2. The number of carbonyl (C=O) groups is 4. The van der Waals surface area contributed by atoms with Gasteiger partial charge in [-0.25, -0.2) is 0 Å². The zero-order chi connectivity index (χ0) is 14.8. The SMILES string of the molecule is O=[CH][Fe]([CH]=O)[CH]1C=CC=C1.O=[CH][Fe]([CH]=O)[CH]1C=CC=C1. The average Bonchev–Trinajstić information content (AvgIpc) is 3.15. The Morgan fingerprint density at radius 3 is 1.00 bits per heavy atom. The summed E-state index contributed by atoms with van der Waals surface area (Å²) in [5, 5.41) is 3.05. The molecule has 0 saturated heterocycles. The summed E-state index contributed by atoms with van der Waals surface area (Å²) in [6.45, 7) is 0. The number of hydrogen-bond donors (Lipinski definition) is 0. The van der Waals surface area contributed by atoms with Crippen LogP contribution in [-0.4, -0.2) is 20.7 Å². The Balaban J connectivity index is 0.000000200. The molecule has 0 aromatic rings. The second-order valence-electron chi connectivity index (χ2n) is 3.44. The maximum absolute atomic E-state index is 10.3. The third kappa shape index (κ3) is 4.99. The first-order valence-corrected chi connectivity index (χ1v) is 9.33. The summed E-state index contributed by atoms with van der Waals surface area (Å²) >= 11 is -2.53. The predicted molar refractivity (Wildman–Crippen MR) is 71.1 cm³/mol. The Bertz CT molecular complexity index is 396. The molecule has 0 N–H and O–H groups in total. The van der Waals surface area contributed by atoms with E-state index in [9.17, 15) is 19.2 Å². The first kappa shape index (κ1) is 16.7. The molecule has 4 nitrogen and oxygen atoms in total. The fourth-order valence-corrected chi connectivity index (χ4v) is 3.66. The van der Waals surface area contributed by atoms with Crippen LogP contribution in [0.2, 0.25) is 9.63 Å². The predicted octanol–water partition coefficient (Wildman–Crippen LogP) is 1.80. The fraction of sp³-hybridized carbons (Fsp3) is 0.143. The van der Waals surface area contributed by atoms with Gasteiger partial charge in [-0.1, -0.05) is 0 Å². The molecule has 0 spiro atoms. The van der Waals surface area contributed by atoms with Gasteiger partial charge >= 0.3 is 126 Å². The molecule has 0 atom stereocenters. The molecule has 2 aliphatic carbocycles. The van der Waals surface area contributed by atoms with Crippen LogP contribution < -0.4 is 0 Å². The van der Waals surface area contributed by atoms with E-state index in [4.69, 9.17) is 0 Å². The van der Waals surface area contributed by atoms with E-state index >= 15 is 0 Å². The van der Waals surface area contributed by atoms with Crippen molar-refractivity contribution in [2.45, 2.75) is 9.63 Å². The van der Waals surface area contributed by atoms with Gasteiger partial charge in [-0.05, 0) is 0 Å². The van der Waals surface area contributed by atoms with Crippen molar-refractivity contribution in [3.8, 4) is 0 Å². The Kier molecular flexibility index (Phi) is 8.00. The molecule has 6 heteroatoms. The van der Waals surface area contributed by atoms with Crippen molar-refractivity contribution in [1.29, 1.82) is 0 Å². The Morgan fingerprint density at radius 2 is 0.800 bits per heavy atom. The molecule has 0 saturated carbocycles. The fourth-order valence-electron chi connectivity index (χ4n) is 1.37. The van der Waals surface area contributed by atoms with Crippen LogP contribution in [0.3, 0.4) is 0 Å². The van der Waals surface area contributed by atoms with E-state index < -0.39 is 27.8 Å². The first-order valence-electron chi connectivity index (χ1n) is 5.50. The van der Waals surface area contributed by atoms with Gasteiger partial charge in [0.15, 0.2) is 0 Å². The normalized spacial score (nSPS) is 17.4. The van der Waals surface area contributed by atoms with Crippen molar-refractivity contribution in [3.63, 3.8) is 0 Å². The molecule has 0 radical (unpaired) electrons. The number of rotatable bonds is 6. The van der Waals surface area contributed by atoms with Crippen LogP contribution in [0, 0.1) is 0 Å². The van der Waals surface area contributed by atoms with E-state index in [0.29, 0.717) is 0 Å². The number of hydrogen-bond acceptors (Lipinski definition) is 4. The molecule has 0 bridgehead atoms. The van der Waals surface area contributed by atoms with Crippen LogP contribution in [0.4, 0.5) is 0 Å². The van der Waals surface area contributed by atoms with E-state index in [-0.39, 0.29) is 9.63 Å². The Hall–Kier alpha value is -1.32. The van der Waals surface area contributed by atoms with Gasteiger partial charge in [-0.3, -0.25) is 0 Å². The summed E-state index contributed by atoms with van der Waals surface area (Å²) in [6.07, 6.45) is 14.9. The molecular formula is C14H14Fe2O4. The third-order valence-electron chi connectivity index (χ3n) is 2.31. The van der Waals surface area contributed by atoms with Crippen LogP contribution in [-0.2, 0) is 47.0 Å². The van der Waals surface area contributed by atoms with Crippen LogP contribution in [0.1, 0.15) is 0 Å². The van der Waals surface area contributed by atoms with Crippen molar-refractivity contribution >= 4 is 20.7 Å². The van der Waals surface area contributed by atoms with Crippen LogP contribution in [0.5, 0.6) is 0 Å². The van der Waals surface area contributed by atoms with E-state index in [1.165, 1.54) is 0 Å². The van der Waals surface area contributed by atoms with Crippen molar-refractivity contribution in [1.82, 2.24) is 0 Å². The second kappa shape index (κ2) is 9.56. The monoisotopic (exact) mass is 358 g/mol. The molecule has 2 rings (SSSR count). The van der Waals surface area contributed by atoms with Crippen molar-refractivity contribution in [2.75, 3.05) is 0 Å². The number of carbonyl (C=O) groups excluding carboxylic acids is 4. The summed E-state index contributed by atoms with van der Waals surface area (Å²) < 4.78 is 0. The summed E-state index contributed by atoms with van der Waals surface area (Å²) in [5.74, 6) is 0. The standard InChI is InChI=1S/2C5H5.4CHO.2Fe/c2*1-2-4-5-3-1;4*1-2;;/h2*1-5H;4*1H;;. The van der Waals surface area contributed by atoms with Gasteiger partial charge in [0.05, 0.1) is 0 Å². The van der Waals surface area contributed by atoms with Crippen LogP contribution in [0.25, 0.3) is 0 Å². The molecule has 20 heavy (non-hydrogen) atoms. The second-order valence-corrected chi connectivity index (χ2v) is 8.16. The molecule has 0 heterocycles. The van der Waals surface area contributed by atoms with Gasteiger partial charge < -0.3 is 0 Å². The topological polar surface area (TPSA) is 68.3 Å². The minimum absolute atomic E-state index is 0.0787. The van der Waals surface area contributed by atoms with E-state index in [1.807, 2.05) is 48.6 Å². The van der Waals surface area contributed by atoms with Crippen molar-refractivity contribution < 1.29 is 47.0 Å². The van der Waals surface area contributed by atoms with Gasteiger partial charge in [0.25, 0.3) is 0 Å². The van der Waals surface area contributed by atoms with Crippen molar-refractivity contribution in [2.24, 2.45) is 0 Å². The first-order chi connectivity index (χ1) is 9.76. The zero-order valence-corrected chi connectivity index (χ0v) is 12.6. The summed E-state index contributed by atoms with van der Waals surface area (Å²) in [6, 6.07) is 0.